The normalized spacial score (nSPS) is 20.5. The van der Waals surface area contributed by atoms with Gasteiger partial charge in [0.2, 0.25) is 0 Å². The van der Waals surface area contributed by atoms with E-state index < -0.39 is 5.60 Å². The number of aliphatic hydroxyl groups is 1. The van der Waals surface area contributed by atoms with E-state index in [1.165, 1.54) is 0 Å². The fourth-order valence-corrected chi connectivity index (χ4v) is 3.34. The lowest BCUT2D eigenvalue weighted by Gasteiger charge is -2.38. The first kappa shape index (κ1) is 18.3. The lowest BCUT2D eigenvalue weighted by Crippen LogP contribution is -2.57. The van der Waals surface area contributed by atoms with Crippen LogP contribution in [-0.4, -0.2) is 56.3 Å². The molecule has 140 valence electrons. The van der Waals surface area contributed by atoms with E-state index in [-0.39, 0.29) is 18.1 Å². The Hall–Kier alpha value is -2.45. The number of piperidine rings is 1. The molecule has 0 saturated carbocycles. The average Bonchev–Trinajstić information content (AvgIpc) is 3.02. The Morgan fingerprint density at radius 3 is 2.96 bits per heavy atom. The number of hydrogen-bond donors (Lipinski definition) is 4. The number of H-pyrrole nitrogens is 2. The van der Waals surface area contributed by atoms with E-state index in [2.05, 4.69) is 26.6 Å². The molecule has 3 rings (SSSR count). The summed E-state index contributed by atoms with van der Waals surface area (Å²) in [5, 5.41) is 20.0. The van der Waals surface area contributed by atoms with Crippen LogP contribution in [0.1, 0.15) is 29.8 Å². The first-order valence-electron chi connectivity index (χ1n) is 8.88. The maximum atomic E-state index is 12.8. The number of rotatable bonds is 7. The molecule has 1 aliphatic heterocycles. The molecule has 1 amide bonds. The van der Waals surface area contributed by atoms with Gasteiger partial charge in [0.1, 0.15) is 5.82 Å². The third-order valence-corrected chi connectivity index (χ3v) is 4.67. The average molecular weight is 359 g/mol. The molecule has 1 unspecified atom stereocenters. The van der Waals surface area contributed by atoms with Crippen LogP contribution in [0.25, 0.3) is 0 Å². The van der Waals surface area contributed by atoms with Crippen molar-refractivity contribution in [1.29, 1.82) is 0 Å². The summed E-state index contributed by atoms with van der Waals surface area (Å²) >= 11 is 0. The SMILES string of the molecule is Cc1cccc(CN2CCCC(O)(CNCCc3n[nH]c(=O)[nH]3)C2=O)c1. The summed E-state index contributed by atoms with van der Waals surface area (Å²) in [5.74, 6) is 0.316. The largest absolute Gasteiger partial charge is 0.379 e. The molecular formula is C18H25N5O3. The van der Waals surface area contributed by atoms with Gasteiger partial charge in [0.05, 0.1) is 0 Å². The van der Waals surface area contributed by atoms with E-state index in [4.69, 9.17) is 0 Å². The Balaban J connectivity index is 1.54. The highest BCUT2D eigenvalue weighted by Crippen LogP contribution is 2.24. The van der Waals surface area contributed by atoms with Gasteiger partial charge in [-0.3, -0.25) is 9.78 Å². The maximum Gasteiger partial charge on any atom is 0.340 e. The van der Waals surface area contributed by atoms with Crippen LogP contribution in [0.5, 0.6) is 0 Å². The number of nitrogens with zero attached hydrogens (tertiary/aromatic N) is 2. The third-order valence-electron chi connectivity index (χ3n) is 4.67. The topological polar surface area (TPSA) is 114 Å². The minimum atomic E-state index is -1.39. The van der Waals surface area contributed by atoms with Crippen LogP contribution in [0, 0.1) is 6.92 Å². The van der Waals surface area contributed by atoms with E-state index in [9.17, 15) is 14.7 Å². The number of amides is 1. The van der Waals surface area contributed by atoms with Gasteiger partial charge in [0.15, 0.2) is 5.60 Å². The molecule has 0 radical (unpaired) electrons. The molecule has 1 fully saturated rings. The number of aromatic nitrogens is 3. The van der Waals surface area contributed by atoms with Crippen molar-refractivity contribution in [2.45, 2.75) is 38.3 Å². The highest BCUT2D eigenvalue weighted by Gasteiger charge is 2.41. The smallest absolute Gasteiger partial charge is 0.340 e. The van der Waals surface area contributed by atoms with E-state index in [1.807, 2.05) is 25.1 Å². The second-order valence-corrected chi connectivity index (χ2v) is 6.90. The van der Waals surface area contributed by atoms with Crippen LogP contribution < -0.4 is 11.0 Å². The molecule has 0 spiro atoms. The molecule has 1 aromatic heterocycles. The first-order chi connectivity index (χ1) is 12.5. The molecule has 1 saturated heterocycles. The van der Waals surface area contributed by atoms with Gasteiger partial charge >= 0.3 is 5.69 Å². The van der Waals surface area contributed by atoms with Gasteiger partial charge in [0, 0.05) is 32.6 Å². The second kappa shape index (κ2) is 7.84. The highest BCUT2D eigenvalue weighted by molar-refractivity contribution is 5.86. The second-order valence-electron chi connectivity index (χ2n) is 6.90. The van der Waals surface area contributed by atoms with E-state index in [0.717, 1.165) is 17.5 Å². The maximum absolute atomic E-state index is 12.8. The third kappa shape index (κ3) is 4.39. The van der Waals surface area contributed by atoms with Gasteiger partial charge in [-0.15, -0.1) is 0 Å². The zero-order chi connectivity index (χ0) is 18.6. The van der Waals surface area contributed by atoms with Gasteiger partial charge in [-0.1, -0.05) is 29.8 Å². The number of aromatic amines is 2. The predicted molar refractivity (Wildman–Crippen MR) is 96.6 cm³/mol. The summed E-state index contributed by atoms with van der Waals surface area (Å²) < 4.78 is 0. The molecule has 2 aromatic rings. The zero-order valence-electron chi connectivity index (χ0n) is 14.9. The number of benzene rings is 1. The number of carbonyl (C=O) groups excluding carboxylic acids is 1. The van der Waals surface area contributed by atoms with E-state index >= 15 is 0 Å². The molecule has 1 aromatic carbocycles. The molecule has 0 aliphatic carbocycles. The minimum absolute atomic E-state index is 0.185. The molecular weight excluding hydrogens is 334 g/mol. The zero-order valence-corrected chi connectivity index (χ0v) is 14.9. The Labute approximate surface area is 151 Å². The molecule has 1 aliphatic rings. The summed E-state index contributed by atoms with van der Waals surface area (Å²) in [4.78, 5) is 28.1. The molecule has 26 heavy (non-hydrogen) atoms. The summed E-state index contributed by atoms with van der Waals surface area (Å²) in [6.45, 7) is 3.88. The predicted octanol–water partition coefficient (Wildman–Crippen LogP) is 0.0922. The molecule has 8 heteroatoms. The quantitative estimate of drug-likeness (QED) is 0.523. The standard InChI is InChI=1S/C18H25N5O3/c1-13-4-2-5-14(10-13)11-23-9-3-7-18(26,16(23)24)12-19-8-6-15-20-17(25)22-21-15/h2,4-5,10,19,26H,3,6-9,11-12H2,1H3,(H2,20,21,22,25). The Morgan fingerprint density at radius 2 is 2.23 bits per heavy atom. The fourth-order valence-electron chi connectivity index (χ4n) is 3.34. The summed E-state index contributed by atoms with van der Waals surface area (Å²) in [7, 11) is 0. The molecule has 2 heterocycles. The van der Waals surface area contributed by atoms with Crippen molar-refractivity contribution >= 4 is 5.91 Å². The van der Waals surface area contributed by atoms with Gasteiger partial charge in [-0.25, -0.2) is 9.89 Å². The number of hydrogen-bond acceptors (Lipinski definition) is 5. The van der Waals surface area contributed by atoms with Crippen molar-refractivity contribution in [3.05, 3.63) is 51.7 Å². The van der Waals surface area contributed by atoms with Gasteiger partial charge in [-0.05, 0) is 25.3 Å². The summed E-state index contributed by atoms with van der Waals surface area (Å²) in [6.07, 6.45) is 1.72. The van der Waals surface area contributed by atoms with Crippen LogP contribution in [0.15, 0.2) is 29.1 Å². The monoisotopic (exact) mass is 359 g/mol. The number of nitrogens with one attached hydrogen (secondary N) is 3. The van der Waals surface area contributed by atoms with Crippen molar-refractivity contribution < 1.29 is 9.90 Å². The van der Waals surface area contributed by atoms with Crippen molar-refractivity contribution in [2.75, 3.05) is 19.6 Å². The molecule has 0 bridgehead atoms. The van der Waals surface area contributed by atoms with Gasteiger partial charge < -0.3 is 15.3 Å². The van der Waals surface area contributed by atoms with Gasteiger partial charge in [-0.2, -0.15) is 5.10 Å². The van der Waals surface area contributed by atoms with Crippen molar-refractivity contribution in [2.24, 2.45) is 0 Å². The number of carbonyl (C=O) groups is 1. The minimum Gasteiger partial charge on any atom is -0.379 e. The van der Waals surface area contributed by atoms with Crippen LogP contribution in [-0.2, 0) is 17.8 Å². The van der Waals surface area contributed by atoms with Crippen LogP contribution >= 0.6 is 0 Å². The molecule has 1 atom stereocenters. The molecule has 4 N–H and O–H groups in total. The lowest BCUT2D eigenvalue weighted by molar-refractivity contribution is -0.157. The van der Waals surface area contributed by atoms with Crippen molar-refractivity contribution in [1.82, 2.24) is 25.4 Å². The number of likely N-dealkylation sites (tertiary alicyclic amines) is 1. The van der Waals surface area contributed by atoms with E-state index in [1.54, 1.807) is 4.90 Å². The van der Waals surface area contributed by atoms with E-state index in [0.29, 0.717) is 38.3 Å². The van der Waals surface area contributed by atoms with Gasteiger partial charge in [0.25, 0.3) is 5.91 Å². The van der Waals surface area contributed by atoms with Crippen LogP contribution in [0.2, 0.25) is 0 Å². The Bertz CT molecular complexity index is 815. The Kier molecular flexibility index (Phi) is 5.53. The van der Waals surface area contributed by atoms with Crippen LogP contribution in [0.4, 0.5) is 0 Å². The first-order valence-corrected chi connectivity index (χ1v) is 8.88. The Morgan fingerprint density at radius 1 is 1.38 bits per heavy atom. The summed E-state index contributed by atoms with van der Waals surface area (Å²) in [5.41, 5.74) is 0.493. The fraction of sp³-hybridized carbons (Fsp3) is 0.500. The van der Waals surface area contributed by atoms with Crippen LogP contribution in [0.3, 0.4) is 0 Å². The molecule has 8 nitrogen and oxygen atoms in total. The lowest BCUT2D eigenvalue weighted by atomic mass is 9.91. The van der Waals surface area contributed by atoms with Crippen molar-refractivity contribution in [3.8, 4) is 0 Å². The number of aryl methyl sites for hydroxylation is 1. The highest BCUT2D eigenvalue weighted by atomic mass is 16.3. The van der Waals surface area contributed by atoms with Crippen molar-refractivity contribution in [3.63, 3.8) is 0 Å². The summed E-state index contributed by atoms with van der Waals surface area (Å²) in [6, 6.07) is 8.06.